The number of carbonyl (C=O) groups excluding carboxylic acids is 1. The summed E-state index contributed by atoms with van der Waals surface area (Å²) in [6.07, 6.45) is 1.66. The van der Waals surface area contributed by atoms with Gasteiger partial charge in [-0.3, -0.25) is 4.90 Å². The van der Waals surface area contributed by atoms with Crippen LogP contribution in [-0.4, -0.2) is 59.8 Å². The number of hydrogen-bond acceptors (Lipinski definition) is 4. The van der Waals surface area contributed by atoms with E-state index in [1.165, 1.54) is 17.6 Å². The molecule has 1 aliphatic heterocycles. The first-order valence-electron chi connectivity index (χ1n) is 10.1. The van der Waals surface area contributed by atoms with E-state index >= 15 is 0 Å². The van der Waals surface area contributed by atoms with Gasteiger partial charge in [-0.1, -0.05) is 35.9 Å². The summed E-state index contributed by atoms with van der Waals surface area (Å²) in [5.74, 6) is -0.345. The third kappa shape index (κ3) is 5.97. The summed E-state index contributed by atoms with van der Waals surface area (Å²) in [5.41, 5.74) is 2.86. The minimum atomic E-state index is -0.848. The Morgan fingerprint density at radius 1 is 1.07 bits per heavy atom. The Kier molecular flexibility index (Phi) is 7.71. The van der Waals surface area contributed by atoms with Crippen molar-refractivity contribution in [1.82, 2.24) is 9.80 Å². The SMILES string of the molecule is COC(=O)c1ccc(CN(CCc2ccc(Cl)cc2)C2CCN(C(=O)O)CC2)cc1. The Morgan fingerprint density at radius 3 is 2.23 bits per heavy atom. The van der Waals surface area contributed by atoms with Crippen LogP contribution in [0.25, 0.3) is 0 Å². The molecule has 0 aliphatic carbocycles. The fraction of sp³-hybridized carbons (Fsp3) is 0.391. The van der Waals surface area contributed by atoms with Crippen molar-refractivity contribution in [2.45, 2.75) is 31.8 Å². The lowest BCUT2D eigenvalue weighted by Crippen LogP contribution is -2.46. The molecule has 0 unspecified atom stereocenters. The predicted octanol–water partition coefficient (Wildman–Crippen LogP) is 4.31. The van der Waals surface area contributed by atoms with Gasteiger partial charge in [0.1, 0.15) is 0 Å². The standard InChI is InChI=1S/C23H27ClN2O4/c1-30-22(27)19-6-2-18(3-7-19)16-26(13-10-17-4-8-20(24)9-5-17)21-11-14-25(15-12-21)23(28)29/h2-9,21H,10-16H2,1H3,(H,28,29). The van der Waals surface area contributed by atoms with Gasteiger partial charge in [-0.05, 0) is 54.7 Å². The zero-order valence-electron chi connectivity index (χ0n) is 17.1. The highest BCUT2D eigenvalue weighted by Gasteiger charge is 2.26. The van der Waals surface area contributed by atoms with Gasteiger partial charge in [-0.15, -0.1) is 0 Å². The first-order chi connectivity index (χ1) is 14.5. The molecule has 1 saturated heterocycles. The van der Waals surface area contributed by atoms with E-state index in [1.54, 1.807) is 12.1 Å². The Balaban J connectivity index is 1.69. The molecule has 0 bridgehead atoms. The van der Waals surface area contributed by atoms with Gasteiger partial charge >= 0.3 is 12.1 Å². The van der Waals surface area contributed by atoms with Crippen molar-refractivity contribution in [3.8, 4) is 0 Å². The molecule has 0 aromatic heterocycles. The number of rotatable bonds is 7. The van der Waals surface area contributed by atoms with Crippen LogP contribution < -0.4 is 0 Å². The number of piperidine rings is 1. The molecule has 0 atom stereocenters. The summed E-state index contributed by atoms with van der Waals surface area (Å²) in [4.78, 5) is 26.8. The maximum Gasteiger partial charge on any atom is 0.407 e. The van der Waals surface area contributed by atoms with Gasteiger partial charge in [-0.2, -0.15) is 0 Å². The fourth-order valence-corrected chi connectivity index (χ4v) is 3.96. The van der Waals surface area contributed by atoms with Crippen LogP contribution in [0.3, 0.4) is 0 Å². The minimum Gasteiger partial charge on any atom is -0.465 e. The number of hydrogen-bond donors (Lipinski definition) is 1. The van der Waals surface area contributed by atoms with Crippen molar-refractivity contribution in [3.63, 3.8) is 0 Å². The molecule has 1 N–H and O–H groups in total. The molecule has 0 spiro atoms. The monoisotopic (exact) mass is 430 g/mol. The van der Waals surface area contributed by atoms with Crippen LogP contribution in [0.2, 0.25) is 5.02 Å². The topological polar surface area (TPSA) is 70.1 Å². The summed E-state index contributed by atoms with van der Waals surface area (Å²) in [6.45, 7) is 2.71. The molecule has 1 heterocycles. The molecular formula is C23H27ClN2O4. The van der Waals surface area contributed by atoms with Crippen molar-refractivity contribution in [2.75, 3.05) is 26.7 Å². The van der Waals surface area contributed by atoms with Crippen molar-refractivity contribution in [3.05, 3.63) is 70.2 Å². The molecule has 2 aromatic rings. The van der Waals surface area contributed by atoms with Gasteiger partial charge in [-0.25, -0.2) is 9.59 Å². The highest BCUT2D eigenvalue weighted by atomic mass is 35.5. The van der Waals surface area contributed by atoms with Crippen LogP contribution in [-0.2, 0) is 17.7 Å². The summed E-state index contributed by atoms with van der Waals surface area (Å²) < 4.78 is 4.77. The average molecular weight is 431 g/mol. The van der Waals surface area contributed by atoms with Crippen LogP contribution in [0.5, 0.6) is 0 Å². The maximum absolute atomic E-state index is 11.7. The summed E-state index contributed by atoms with van der Waals surface area (Å²) in [7, 11) is 1.37. The van der Waals surface area contributed by atoms with E-state index in [1.807, 2.05) is 36.4 Å². The molecule has 30 heavy (non-hydrogen) atoms. The second-order valence-corrected chi connectivity index (χ2v) is 7.97. The van der Waals surface area contributed by atoms with E-state index in [2.05, 4.69) is 4.90 Å². The first-order valence-corrected chi connectivity index (χ1v) is 10.5. The number of amides is 1. The molecule has 0 saturated carbocycles. The van der Waals surface area contributed by atoms with E-state index in [9.17, 15) is 14.7 Å². The number of methoxy groups -OCH3 is 1. The zero-order valence-corrected chi connectivity index (χ0v) is 17.8. The van der Waals surface area contributed by atoms with Crippen LogP contribution in [0.15, 0.2) is 48.5 Å². The fourth-order valence-electron chi connectivity index (χ4n) is 3.84. The van der Waals surface area contributed by atoms with Crippen LogP contribution in [0, 0.1) is 0 Å². The average Bonchev–Trinajstić information content (AvgIpc) is 2.77. The predicted molar refractivity (Wildman–Crippen MR) is 116 cm³/mol. The van der Waals surface area contributed by atoms with Crippen molar-refractivity contribution < 1.29 is 19.4 Å². The number of ether oxygens (including phenoxy) is 1. The van der Waals surface area contributed by atoms with E-state index in [4.69, 9.17) is 16.3 Å². The lowest BCUT2D eigenvalue weighted by Gasteiger charge is -2.37. The molecule has 1 aliphatic rings. The number of nitrogens with zero attached hydrogens (tertiary/aromatic N) is 2. The third-order valence-corrected chi connectivity index (χ3v) is 5.87. The van der Waals surface area contributed by atoms with Crippen LogP contribution in [0.4, 0.5) is 4.79 Å². The quantitative estimate of drug-likeness (QED) is 0.662. The molecule has 1 amide bonds. The van der Waals surface area contributed by atoms with E-state index in [0.717, 1.165) is 42.9 Å². The molecular weight excluding hydrogens is 404 g/mol. The van der Waals surface area contributed by atoms with Gasteiger partial charge in [0.25, 0.3) is 0 Å². The largest absolute Gasteiger partial charge is 0.465 e. The lowest BCUT2D eigenvalue weighted by atomic mass is 10.0. The highest BCUT2D eigenvalue weighted by molar-refractivity contribution is 6.30. The summed E-state index contributed by atoms with van der Waals surface area (Å²) >= 11 is 5.99. The molecule has 0 radical (unpaired) electrons. The van der Waals surface area contributed by atoms with E-state index in [-0.39, 0.29) is 5.97 Å². The zero-order chi connectivity index (χ0) is 21.5. The van der Waals surface area contributed by atoms with Gasteiger partial charge in [0.15, 0.2) is 0 Å². The lowest BCUT2D eigenvalue weighted by molar-refractivity contribution is 0.0600. The van der Waals surface area contributed by atoms with Crippen LogP contribution in [0.1, 0.15) is 34.3 Å². The molecule has 1 fully saturated rings. The second-order valence-electron chi connectivity index (χ2n) is 7.54. The highest BCUT2D eigenvalue weighted by Crippen LogP contribution is 2.21. The van der Waals surface area contributed by atoms with Gasteiger partial charge in [0.05, 0.1) is 12.7 Å². The Labute approximate surface area is 182 Å². The Morgan fingerprint density at radius 2 is 1.67 bits per heavy atom. The molecule has 2 aromatic carbocycles. The molecule has 3 rings (SSSR count). The Bertz CT molecular complexity index is 847. The van der Waals surface area contributed by atoms with Gasteiger partial charge in [0.2, 0.25) is 0 Å². The molecule has 160 valence electrons. The normalized spacial score (nSPS) is 14.7. The number of esters is 1. The first kappa shape index (κ1) is 22.1. The van der Waals surface area contributed by atoms with Crippen molar-refractivity contribution in [1.29, 1.82) is 0 Å². The number of carboxylic acid groups (broad SMARTS) is 1. The van der Waals surface area contributed by atoms with Gasteiger partial charge in [0, 0.05) is 37.2 Å². The maximum atomic E-state index is 11.7. The number of carbonyl (C=O) groups is 2. The van der Waals surface area contributed by atoms with Crippen LogP contribution >= 0.6 is 11.6 Å². The Hall–Kier alpha value is -2.57. The number of halogens is 1. The molecule has 7 heteroatoms. The summed E-state index contributed by atoms with van der Waals surface area (Å²) in [5, 5.41) is 9.95. The number of benzene rings is 2. The minimum absolute atomic E-state index is 0.313. The van der Waals surface area contributed by atoms with Gasteiger partial charge < -0.3 is 14.7 Å². The van der Waals surface area contributed by atoms with E-state index < -0.39 is 6.09 Å². The summed E-state index contributed by atoms with van der Waals surface area (Å²) in [6, 6.07) is 15.7. The third-order valence-electron chi connectivity index (χ3n) is 5.61. The number of likely N-dealkylation sites (tertiary alicyclic amines) is 1. The second kappa shape index (κ2) is 10.5. The van der Waals surface area contributed by atoms with E-state index in [0.29, 0.717) is 24.7 Å². The van der Waals surface area contributed by atoms with Crippen molar-refractivity contribution in [2.24, 2.45) is 0 Å². The smallest absolute Gasteiger partial charge is 0.407 e. The van der Waals surface area contributed by atoms with Crippen molar-refractivity contribution >= 4 is 23.7 Å². The molecule has 6 nitrogen and oxygen atoms in total.